The first-order valence-corrected chi connectivity index (χ1v) is 5.83. The van der Waals surface area contributed by atoms with Crippen LogP contribution in [0.2, 0.25) is 5.02 Å². The number of nitrogens with zero attached hydrogens (tertiary/aromatic N) is 2. The van der Waals surface area contributed by atoms with E-state index in [9.17, 15) is 10.1 Å². The fourth-order valence-corrected chi connectivity index (χ4v) is 1.97. The molecule has 0 aliphatic rings. The Balaban J connectivity index is 2.16. The lowest BCUT2D eigenvalue weighted by molar-refractivity contribution is -0.384. The fraction of sp³-hybridized carbons (Fsp3) is 0. The molecule has 1 heterocycles. The average Bonchev–Trinajstić information content (AvgIpc) is 2.82. The van der Waals surface area contributed by atoms with E-state index >= 15 is 0 Å². The molecular weight excluding hydrogens is 268 g/mol. The minimum absolute atomic E-state index is 0.0878. The van der Waals surface area contributed by atoms with E-state index < -0.39 is 4.92 Å². The molecule has 0 spiro atoms. The first kappa shape index (κ1) is 11.7. The van der Waals surface area contributed by atoms with Crippen LogP contribution in [0.1, 0.15) is 0 Å². The standard InChI is InChI=1S/C13H7ClN2O3/c14-9-6-5-8(7-11(9)16(17)18)13-15-10-3-1-2-4-12(10)19-13/h1-7H. The highest BCUT2D eigenvalue weighted by Crippen LogP contribution is 2.31. The highest BCUT2D eigenvalue weighted by atomic mass is 35.5. The van der Waals surface area contributed by atoms with Gasteiger partial charge in [-0.25, -0.2) is 4.98 Å². The molecule has 94 valence electrons. The Morgan fingerprint density at radius 2 is 2.00 bits per heavy atom. The van der Waals surface area contributed by atoms with Gasteiger partial charge < -0.3 is 4.42 Å². The molecule has 0 radical (unpaired) electrons. The number of rotatable bonds is 2. The van der Waals surface area contributed by atoms with Gasteiger partial charge in [0, 0.05) is 11.6 Å². The van der Waals surface area contributed by atoms with Gasteiger partial charge in [0.2, 0.25) is 5.89 Å². The Hall–Kier alpha value is -2.40. The number of nitro groups is 1. The lowest BCUT2D eigenvalue weighted by Gasteiger charge is -1.97. The number of nitro benzene ring substituents is 1. The number of halogens is 1. The Labute approximate surface area is 112 Å². The SMILES string of the molecule is O=[N+]([O-])c1cc(-c2nc3ccccc3o2)ccc1Cl. The van der Waals surface area contributed by atoms with Crippen LogP contribution in [0.4, 0.5) is 5.69 Å². The molecule has 1 aromatic heterocycles. The number of fused-ring (bicyclic) bond motifs is 1. The molecule has 0 aliphatic carbocycles. The van der Waals surface area contributed by atoms with Crippen molar-refractivity contribution in [2.75, 3.05) is 0 Å². The van der Waals surface area contributed by atoms with Gasteiger partial charge in [0.15, 0.2) is 5.58 Å². The second-order valence-electron chi connectivity index (χ2n) is 3.91. The van der Waals surface area contributed by atoms with Crippen LogP contribution in [0.15, 0.2) is 46.9 Å². The minimum Gasteiger partial charge on any atom is -0.436 e. The van der Waals surface area contributed by atoms with Crippen molar-refractivity contribution in [3.05, 3.63) is 57.6 Å². The zero-order chi connectivity index (χ0) is 13.4. The van der Waals surface area contributed by atoms with Crippen LogP contribution in [0.25, 0.3) is 22.6 Å². The van der Waals surface area contributed by atoms with Gasteiger partial charge in [0.25, 0.3) is 5.69 Å². The third-order valence-electron chi connectivity index (χ3n) is 2.68. The predicted octanol–water partition coefficient (Wildman–Crippen LogP) is 4.06. The van der Waals surface area contributed by atoms with Crippen LogP contribution in [0, 0.1) is 10.1 Å². The summed E-state index contributed by atoms with van der Waals surface area (Å²) < 4.78 is 5.55. The molecule has 3 rings (SSSR count). The van der Waals surface area contributed by atoms with Gasteiger partial charge in [-0.2, -0.15) is 0 Å². The molecule has 0 aliphatic heterocycles. The van der Waals surface area contributed by atoms with Crippen molar-refractivity contribution in [3.63, 3.8) is 0 Å². The largest absolute Gasteiger partial charge is 0.436 e. The summed E-state index contributed by atoms with van der Waals surface area (Å²) >= 11 is 5.76. The monoisotopic (exact) mass is 274 g/mol. The maximum absolute atomic E-state index is 10.8. The van der Waals surface area contributed by atoms with E-state index in [4.69, 9.17) is 16.0 Å². The zero-order valence-electron chi connectivity index (χ0n) is 9.54. The number of aromatic nitrogens is 1. The molecular formula is C13H7ClN2O3. The van der Waals surface area contributed by atoms with E-state index in [1.807, 2.05) is 18.2 Å². The maximum Gasteiger partial charge on any atom is 0.288 e. The van der Waals surface area contributed by atoms with Crippen molar-refractivity contribution in [1.29, 1.82) is 0 Å². The predicted molar refractivity (Wildman–Crippen MR) is 71.1 cm³/mol. The topological polar surface area (TPSA) is 69.2 Å². The van der Waals surface area contributed by atoms with Crippen molar-refractivity contribution in [3.8, 4) is 11.5 Å². The normalized spacial score (nSPS) is 10.8. The molecule has 0 bridgehead atoms. The summed E-state index contributed by atoms with van der Waals surface area (Å²) in [6.07, 6.45) is 0. The van der Waals surface area contributed by atoms with Gasteiger partial charge in [0.05, 0.1) is 4.92 Å². The Kier molecular flexibility index (Phi) is 2.68. The van der Waals surface area contributed by atoms with Gasteiger partial charge >= 0.3 is 0 Å². The van der Waals surface area contributed by atoms with Crippen LogP contribution in [-0.4, -0.2) is 9.91 Å². The van der Waals surface area contributed by atoms with Crippen LogP contribution in [0.5, 0.6) is 0 Å². The second kappa shape index (κ2) is 4.37. The van der Waals surface area contributed by atoms with Crippen molar-refractivity contribution >= 4 is 28.4 Å². The van der Waals surface area contributed by atoms with Crippen LogP contribution >= 0.6 is 11.6 Å². The smallest absolute Gasteiger partial charge is 0.288 e. The highest BCUT2D eigenvalue weighted by molar-refractivity contribution is 6.32. The third-order valence-corrected chi connectivity index (χ3v) is 3.00. The number of para-hydroxylation sites is 2. The molecule has 2 aromatic carbocycles. The van der Waals surface area contributed by atoms with Gasteiger partial charge in [0.1, 0.15) is 10.5 Å². The van der Waals surface area contributed by atoms with E-state index in [-0.39, 0.29) is 10.7 Å². The summed E-state index contributed by atoms with van der Waals surface area (Å²) in [4.78, 5) is 14.6. The molecule has 5 nitrogen and oxygen atoms in total. The summed E-state index contributed by atoms with van der Waals surface area (Å²) in [7, 11) is 0. The van der Waals surface area contributed by atoms with Gasteiger partial charge in [-0.1, -0.05) is 23.7 Å². The number of hydrogen-bond acceptors (Lipinski definition) is 4. The molecule has 0 saturated heterocycles. The molecule has 6 heteroatoms. The summed E-state index contributed by atoms with van der Waals surface area (Å²) in [5.74, 6) is 0.334. The van der Waals surface area contributed by atoms with Gasteiger partial charge in [-0.15, -0.1) is 0 Å². The van der Waals surface area contributed by atoms with E-state index in [2.05, 4.69) is 4.98 Å². The van der Waals surface area contributed by atoms with Gasteiger partial charge in [-0.05, 0) is 24.3 Å². The van der Waals surface area contributed by atoms with Crippen molar-refractivity contribution < 1.29 is 9.34 Å². The fourth-order valence-electron chi connectivity index (χ4n) is 1.78. The number of benzene rings is 2. The van der Waals surface area contributed by atoms with Gasteiger partial charge in [-0.3, -0.25) is 10.1 Å². The highest BCUT2D eigenvalue weighted by Gasteiger charge is 2.16. The third kappa shape index (κ3) is 2.04. The Bertz CT molecular complexity index is 749. The average molecular weight is 275 g/mol. The zero-order valence-corrected chi connectivity index (χ0v) is 10.3. The summed E-state index contributed by atoms with van der Waals surface area (Å²) in [6, 6.07) is 11.7. The number of hydrogen-bond donors (Lipinski definition) is 0. The quantitative estimate of drug-likeness (QED) is 0.522. The molecule has 0 amide bonds. The second-order valence-corrected chi connectivity index (χ2v) is 4.32. The van der Waals surface area contributed by atoms with Crippen LogP contribution in [-0.2, 0) is 0 Å². The molecule has 0 N–H and O–H groups in total. The summed E-state index contributed by atoms with van der Waals surface area (Å²) in [6.45, 7) is 0. The summed E-state index contributed by atoms with van der Waals surface area (Å²) in [5.41, 5.74) is 1.69. The Morgan fingerprint density at radius 3 is 2.74 bits per heavy atom. The molecule has 0 saturated carbocycles. The number of oxazole rings is 1. The molecule has 19 heavy (non-hydrogen) atoms. The van der Waals surface area contributed by atoms with Crippen LogP contribution < -0.4 is 0 Å². The molecule has 0 fully saturated rings. The lowest BCUT2D eigenvalue weighted by Crippen LogP contribution is -1.89. The first-order valence-electron chi connectivity index (χ1n) is 5.45. The van der Waals surface area contributed by atoms with Crippen molar-refractivity contribution in [1.82, 2.24) is 4.98 Å². The van der Waals surface area contributed by atoms with Crippen molar-refractivity contribution in [2.24, 2.45) is 0 Å². The minimum atomic E-state index is -0.533. The van der Waals surface area contributed by atoms with E-state index in [1.54, 1.807) is 12.1 Å². The Morgan fingerprint density at radius 1 is 1.21 bits per heavy atom. The summed E-state index contributed by atoms with van der Waals surface area (Å²) in [5, 5.41) is 10.9. The van der Waals surface area contributed by atoms with E-state index in [1.165, 1.54) is 12.1 Å². The van der Waals surface area contributed by atoms with E-state index in [0.717, 1.165) is 0 Å². The van der Waals surface area contributed by atoms with Crippen molar-refractivity contribution in [2.45, 2.75) is 0 Å². The first-order chi connectivity index (χ1) is 9.15. The molecule has 0 atom stereocenters. The lowest BCUT2D eigenvalue weighted by atomic mass is 10.2. The molecule has 0 unspecified atom stereocenters. The van der Waals surface area contributed by atoms with E-state index in [0.29, 0.717) is 22.6 Å². The van der Waals surface area contributed by atoms with Crippen LogP contribution in [0.3, 0.4) is 0 Å². The maximum atomic E-state index is 10.8. The molecule has 3 aromatic rings.